The van der Waals surface area contributed by atoms with Crippen LogP contribution in [-0.4, -0.2) is 10.9 Å². The molecule has 1 rings (SSSR count). The normalized spacial score (nSPS) is 12.9. The average molecular weight is 167 g/mol. The van der Waals surface area contributed by atoms with Crippen molar-refractivity contribution in [3.8, 4) is 0 Å². The van der Waals surface area contributed by atoms with E-state index in [1.165, 1.54) is 0 Å². The second kappa shape index (κ2) is 3.52. The van der Waals surface area contributed by atoms with Gasteiger partial charge in [0.1, 0.15) is 11.5 Å². The third kappa shape index (κ3) is 2.19. The lowest BCUT2D eigenvalue weighted by Crippen LogP contribution is -2.00. The molecule has 0 aliphatic carbocycles. The molecular weight excluding hydrogens is 154 g/mol. The van der Waals surface area contributed by atoms with Crippen LogP contribution in [-0.2, 0) is 4.79 Å². The molecule has 0 aromatic carbocycles. The lowest BCUT2D eigenvalue weighted by Gasteiger charge is -2.02. The number of ketones is 1. The SMILES string of the molecule is CC(=O)CC(C)c1cc(C)on1. The zero-order valence-electron chi connectivity index (χ0n) is 7.63. The van der Waals surface area contributed by atoms with Crippen LogP contribution in [0, 0.1) is 6.92 Å². The van der Waals surface area contributed by atoms with Crippen LogP contribution in [0.1, 0.15) is 37.6 Å². The minimum atomic E-state index is 0.167. The van der Waals surface area contributed by atoms with Gasteiger partial charge in [-0.3, -0.25) is 0 Å². The molecule has 1 unspecified atom stereocenters. The van der Waals surface area contributed by atoms with E-state index in [9.17, 15) is 4.79 Å². The van der Waals surface area contributed by atoms with Gasteiger partial charge in [0.05, 0.1) is 5.69 Å². The van der Waals surface area contributed by atoms with Crippen molar-refractivity contribution in [1.29, 1.82) is 0 Å². The third-order valence-electron chi connectivity index (χ3n) is 1.74. The van der Waals surface area contributed by atoms with E-state index in [1.807, 2.05) is 19.9 Å². The molecule has 0 aliphatic rings. The summed E-state index contributed by atoms with van der Waals surface area (Å²) < 4.78 is 4.91. The molecule has 1 atom stereocenters. The lowest BCUT2D eigenvalue weighted by molar-refractivity contribution is -0.117. The van der Waals surface area contributed by atoms with Gasteiger partial charge in [-0.2, -0.15) is 0 Å². The number of aryl methyl sites for hydroxylation is 1. The van der Waals surface area contributed by atoms with E-state index >= 15 is 0 Å². The van der Waals surface area contributed by atoms with Crippen molar-refractivity contribution in [2.75, 3.05) is 0 Å². The van der Waals surface area contributed by atoms with Crippen molar-refractivity contribution in [3.05, 3.63) is 17.5 Å². The zero-order chi connectivity index (χ0) is 9.14. The van der Waals surface area contributed by atoms with Gasteiger partial charge in [0.15, 0.2) is 0 Å². The maximum atomic E-state index is 10.8. The standard InChI is InChI=1S/C9H13NO2/c1-6(4-7(2)11)9-5-8(3)12-10-9/h5-6H,4H2,1-3H3. The Kier molecular flexibility index (Phi) is 2.63. The Morgan fingerprint density at radius 1 is 1.75 bits per heavy atom. The van der Waals surface area contributed by atoms with Crippen molar-refractivity contribution in [3.63, 3.8) is 0 Å². The van der Waals surface area contributed by atoms with E-state index in [0.29, 0.717) is 6.42 Å². The van der Waals surface area contributed by atoms with Crippen LogP contribution < -0.4 is 0 Å². The van der Waals surface area contributed by atoms with Crippen molar-refractivity contribution in [2.24, 2.45) is 0 Å². The van der Waals surface area contributed by atoms with E-state index in [2.05, 4.69) is 5.16 Å². The molecule has 3 heteroatoms. The predicted octanol–water partition coefficient (Wildman–Crippen LogP) is 2.07. The molecule has 0 saturated carbocycles. The molecule has 0 bridgehead atoms. The Morgan fingerprint density at radius 2 is 2.42 bits per heavy atom. The molecular formula is C9H13NO2. The number of hydrogen-bond acceptors (Lipinski definition) is 3. The van der Waals surface area contributed by atoms with Gasteiger partial charge in [0, 0.05) is 18.4 Å². The fourth-order valence-electron chi connectivity index (χ4n) is 1.15. The first-order valence-electron chi connectivity index (χ1n) is 4.02. The first-order chi connectivity index (χ1) is 5.59. The van der Waals surface area contributed by atoms with Crippen LogP contribution >= 0.6 is 0 Å². The van der Waals surface area contributed by atoms with Gasteiger partial charge in [-0.15, -0.1) is 0 Å². The van der Waals surface area contributed by atoms with Gasteiger partial charge in [0.25, 0.3) is 0 Å². The van der Waals surface area contributed by atoms with Crippen molar-refractivity contribution in [1.82, 2.24) is 5.16 Å². The zero-order valence-corrected chi connectivity index (χ0v) is 7.63. The van der Waals surface area contributed by atoms with Gasteiger partial charge in [-0.1, -0.05) is 12.1 Å². The second-order valence-electron chi connectivity index (χ2n) is 3.17. The Morgan fingerprint density at radius 3 is 2.83 bits per heavy atom. The molecule has 0 fully saturated rings. The first kappa shape index (κ1) is 8.97. The van der Waals surface area contributed by atoms with Crippen LogP contribution in [0.4, 0.5) is 0 Å². The number of aromatic nitrogens is 1. The summed E-state index contributed by atoms with van der Waals surface area (Å²) in [5.41, 5.74) is 0.864. The largest absolute Gasteiger partial charge is 0.361 e. The fraction of sp³-hybridized carbons (Fsp3) is 0.556. The highest BCUT2D eigenvalue weighted by Crippen LogP contribution is 2.18. The van der Waals surface area contributed by atoms with Gasteiger partial charge in [0.2, 0.25) is 0 Å². The molecule has 0 saturated heterocycles. The van der Waals surface area contributed by atoms with E-state index < -0.39 is 0 Å². The summed E-state index contributed by atoms with van der Waals surface area (Å²) in [4.78, 5) is 10.8. The molecule has 0 spiro atoms. The van der Waals surface area contributed by atoms with Crippen molar-refractivity contribution >= 4 is 5.78 Å². The number of rotatable bonds is 3. The van der Waals surface area contributed by atoms with Crippen LogP contribution in [0.5, 0.6) is 0 Å². The maximum Gasteiger partial charge on any atom is 0.133 e. The van der Waals surface area contributed by atoms with Gasteiger partial charge in [-0.25, -0.2) is 0 Å². The molecule has 1 heterocycles. The Hall–Kier alpha value is -1.12. The van der Waals surface area contributed by atoms with Gasteiger partial charge in [-0.05, 0) is 13.8 Å². The van der Waals surface area contributed by atoms with Gasteiger partial charge < -0.3 is 9.32 Å². The lowest BCUT2D eigenvalue weighted by atomic mass is 10.0. The molecule has 0 N–H and O–H groups in total. The number of carbonyl (C=O) groups excluding carboxylic acids is 1. The Balaban J connectivity index is 2.64. The fourth-order valence-corrected chi connectivity index (χ4v) is 1.15. The number of nitrogens with zero attached hydrogens (tertiary/aromatic N) is 1. The minimum absolute atomic E-state index is 0.167. The molecule has 66 valence electrons. The highest BCUT2D eigenvalue weighted by molar-refractivity contribution is 5.76. The molecule has 0 aliphatic heterocycles. The summed E-state index contributed by atoms with van der Waals surface area (Å²) in [6, 6.07) is 1.87. The topological polar surface area (TPSA) is 43.1 Å². The van der Waals surface area contributed by atoms with E-state index in [-0.39, 0.29) is 11.7 Å². The van der Waals surface area contributed by atoms with Crippen LogP contribution in [0.25, 0.3) is 0 Å². The molecule has 0 amide bonds. The van der Waals surface area contributed by atoms with Crippen molar-refractivity contribution in [2.45, 2.75) is 33.1 Å². The molecule has 3 nitrogen and oxygen atoms in total. The average Bonchev–Trinajstić information content (AvgIpc) is 2.34. The molecule has 0 radical (unpaired) electrons. The van der Waals surface area contributed by atoms with Crippen molar-refractivity contribution < 1.29 is 9.32 Å². The summed E-state index contributed by atoms with van der Waals surface area (Å²) in [6.45, 7) is 5.40. The van der Waals surface area contributed by atoms with Crippen LogP contribution in [0.2, 0.25) is 0 Å². The van der Waals surface area contributed by atoms with Crippen LogP contribution in [0.3, 0.4) is 0 Å². The van der Waals surface area contributed by atoms with E-state index in [0.717, 1.165) is 11.5 Å². The highest BCUT2D eigenvalue weighted by Gasteiger charge is 2.11. The molecule has 12 heavy (non-hydrogen) atoms. The van der Waals surface area contributed by atoms with E-state index in [1.54, 1.807) is 6.92 Å². The summed E-state index contributed by atoms with van der Waals surface area (Å²) >= 11 is 0. The second-order valence-corrected chi connectivity index (χ2v) is 3.17. The minimum Gasteiger partial charge on any atom is -0.361 e. The number of Topliss-reactive ketones (excluding diaryl/α,β-unsaturated/α-hetero) is 1. The predicted molar refractivity (Wildman–Crippen MR) is 45.0 cm³/mol. The monoisotopic (exact) mass is 167 g/mol. The summed E-state index contributed by atoms with van der Waals surface area (Å²) in [5, 5.41) is 3.84. The summed E-state index contributed by atoms with van der Waals surface area (Å²) in [7, 11) is 0. The Labute approximate surface area is 71.7 Å². The number of hydrogen-bond donors (Lipinski definition) is 0. The Bertz CT molecular complexity index is 278. The number of carbonyl (C=O) groups is 1. The van der Waals surface area contributed by atoms with Crippen LogP contribution in [0.15, 0.2) is 10.6 Å². The smallest absolute Gasteiger partial charge is 0.133 e. The van der Waals surface area contributed by atoms with E-state index in [4.69, 9.17) is 4.52 Å². The molecule has 1 aromatic rings. The first-order valence-corrected chi connectivity index (χ1v) is 4.02. The van der Waals surface area contributed by atoms with Gasteiger partial charge >= 0.3 is 0 Å². The quantitative estimate of drug-likeness (QED) is 0.692. The maximum absolute atomic E-state index is 10.8. The summed E-state index contributed by atoms with van der Waals surface area (Å²) in [5.74, 6) is 1.14. The summed E-state index contributed by atoms with van der Waals surface area (Å²) in [6.07, 6.45) is 0.534. The highest BCUT2D eigenvalue weighted by atomic mass is 16.5. The third-order valence-corrected chi connectivity index (χ3v) is 1.74. The molecule has 1 aromatic heterocycles.